The summed E-state index contributed by atoms with van der Waals surface area (Å²) in [5.74, 6) is -0.970. The van der Waals surface area contributed by atoms with Crippen molar-refractivity contribution in [3.05, 3.63) is 35.4 Å². The Labute approximate surface area is 101 Å². The van der Waals surface area contributed by atoms with Gasteiger partial charge in [0, 0.05) is 7.11 Å². The van der Waals surface area contributed by atoms with Crippen molar-refractivity contribution in [2.45, 2.75) is 31.9 Å². The molecule has 0 fully saturated rings. The van der Waals surface area contributed by atoms with Crippen molar-refractivity contribution in [3.8, 4) is 0 Å². The van der Waals surface area contributed by atoms with E-state index in [1.165, 1.54) is 5.56 Å². The predicted molar refractivity (Wildman–Crippen MR) is 65.9 cm³/mol. The Morgan fingerprint density at radius 2 is 1.76 bits per heavy atom. The molecule has 2 unspecified atom stereocenters. The molecule has 0 spiro atoms. The molecule has 0 saturated carbocycles. The lowest BCUT2D eigenvalue weighted by molar-refractivity contribution is -0.138. The average Bonchev–Trinajstić information content (AvgIpc) is 2.31. The first kappa shape index (κ1) is 13.7. The lowest BCUT2D eigenvalue weighted by Gasteiger charge is -2.10. The Morgan fingerprint density at radius 3 is 2.18 bits per heavy atom. The Bertz CT molecular complexity index is 361. The topological polar surface area (TPSA) is 72.5 Å². The van der Waals surface area contributed by atoms with Gasteiger partial charge in [-0.3, -0.25) is 4.79 Å². The number of methoxy groups -OCH3 is 1. The highest BCUT2D eigenvalue weighted by molar-refractivity contribution is 5.73. The molecule has 0 heterocycles. The summed E-state index contributed by atoms with van der Waals surface area (Å²) in [6, 6.07) is 6.97. The van der Waals surface area contributed by atoms with Crippen molar-refractivity contribution in [1.82, 2.24) is 0 Å². The second-order valence-electron chi connectivity index (χ2n) is 4.22. The number of hydrogen-bond acceptors (Lipinski definition) is 3. The van der Waals surface area contributed by atoms with E-state index in [2.05, 4.69) is 0 Å². The molecular weight excluding hydrogens is 218 g/mol. The number of rotatable bonds is 6. The summed E-state index contributed by atoms with van der Waals surface area (Å²) in [4.78, 5) is 10.6. The van der Waals surface area contributed by atoms with Crippen LogP contribution in [0.1, 0.15) is 18.1 Å². The Balaban J connectivity index is 2.58. The molecule has 3 N–H and O–H groups in total. The summed E-state index contributed by atoms with van der Waals surface area (Å²) in [7, 11) is 1.69. The van der Waals surface area contributed by atoms with Crippen LogP contribution in [0.25, 0.3) is 0 Å². The van der Waals surface area contributed by atoms with Gasteiger partial charge in [0.1, 0.15) is 6.04 Å². The van der Waals surface area contributed by atoms with Crippen LogP contribution in [0.15, 0.2) is 24.3 Å². The summed E-state index contributed by atoms with van der Waals surface area (Å²) < 4.78 is 5.18. The zero-order valence-electron chi connectivity index (χ0n) is 10.2. The van der Waals surface area contributed by atoms with Crippen LogP contribution in [0.3, 0.4) is 0 Å². The maximum Gasteiger partial charge on any atom is 0.320 e. The van der Waals surface area contributed by atoms with Gasteiger partial charge in [0.25, 0.3) is 0 Å². The number of hydrogen-bond donors (Lipinski definition) is 2. The van der Waals surface area contributed by atoms with Crippen LogP contribution in [0.2, 0.25) is 0 Å². The molecule has 0 saturated heterocycles. The van der Waals surface area contributed by atoms with Gasteiger partial charge in [-0.05, 0) is 30.9 Å². The fourth-order valence-electron chi connectivity index (χ4n) is 1.57. The molecular formula is C13H19NO3. The summed E-state index contributed by atoms with van der Waals surface area (Å²) in [5.41, 5.74) is 7.58. The van der Waals surface area contributed by atoms with Crippen LogP contribution in [-0.2, 0) is 22.4 Å². The van der Waals surface area contributed by atoms with Crippen molar-refractivity contribution in [1.29, 1.82) is 0 Å². The number of carboxylic acids is 1. The number of aliphatic carboxylic acids is 1. The molecule has 0 aromatic heterocycles. The van der Waals surface area contributed by atoms with E-state index < -0.39 is 12.0 Å². The predicted octanol–water partition coefficient (Wildman–Crippen LogP) is 1.22. The lowest BCUT2D eigenvalue weighted by atomic mass is 10.0. The van der Waals surface area contributed by atoms with Crippen molar-refractivity contribution < 1.29 is 14.6 Å². The van der Waals surface area contributed by atoms with Crippen LogP contribution in [0, 0.1) is 0 Å². The van der Waals surface area contributed by atoms with Crippen molar-refractivity contribution >= 4 is 5.97 Å². The maximum absolute atomic E-state index is 10.6. The number of benzene rings is 1. The molecule has 0 amide bonds. The van der Waals surface area contributed by atoms with Crippen LogP contribution < -0.4 is 5.73 Å². The third-order valence-electron chi connectivity index (χ3n) is 2.72. The molecule has 1 aromatic carbocycles. The molecule has 1 rings (SSSR count). The first-order valence-corrected chi connectivity index (χ1v) is 5.62. The summed E-state index contributed by atoms with van der Waals surface area (Å²) >= 11 is 0. The smallest absolute Gasteiger partial charge is 0.320 e. The molecule has 2 atom stereocenters. The molecule has 4 nitrogen and oxygen atoms in total. The van der Waals surface area contributed by atoms with E-state index in [1.54, 1.807) is 7.11 Å². The van der Waals surface area contributed by atoms with Gasteiger partial charge >= 0.3 is 5.97 Å². The van der Waals surface area contributed by atoms with E-state index in [9.17, 15) is 4.79 Å². The number of ether oxygens (including phenoxy) is 1. The first-order valence-electron chi connectivity index (χ1n) is 5.62. The van der Waals surface area contributed by atoms with Crippen LogP contribution in [0.5, 0.6) is 0 Å². The molecule has 94 valence electrons. The van der Waals surface area contributed by atoms with Gasteiger partial charge in [0.2, 0.25) is 0 Å². The second kappa shape index (κ2) is 6.37. The van der Waals surface area contributed by atoms with E-state index in [0.717, 1.165) is 12.0 Å². The third kappa shape index (κ3) is 4.54. The van der Waals surface area contributed by atoms with E-state index in [-0.39, 0.29) is 6.10 Å². The molecule has 0 aliphatic carbocycles. The normalized spacial score (nSPS) is 14.3. The monoisotopic (exact) mass is 237 g/mol. The van der Waals surface area contributed by atoms with Crippen LogP contribution in [-0.4, -0.2) is 30.3 Å². The first-order chi connectivity index (χ1) is 8.02. The van der Waals surface area contributed by atoms with Gasteiger partial charge < -0.3 is 15.6 Å². The molecule has 0 bridgehead atoms. The zero-order valence-corrected chi connectivity index (χ0v) is 10.2. The molecule has 0 aliphatic rings. The Hall–Kier alpha value is -1.39. The van der Waals surface area contributed by atoms with E-state index in [1.807, 2.05) is 31.2 Å². The highest BCUT2D eigenvalue weighted by Gasteiger charge is 2.11. The summed E-state index contributed by atoms with van der Waals surface area (Å²) in [6.07, 6.45) is 1.39. The highest BCUT2D eigenvalue weighted by atomic mass is 16.5. The highest BCUT2D eigenvalue weighted by Crippen LogP contribution is 2.09. The second-order valence-corrected chi connectivity index (χ2v) is 4.22. The molecule has 0 radical (unpaired) electrons. The minimum atomic E-state index is -0.970. The van der Waals surface area contributed by atoms with Gasteiger partial charge in [-0.25, -0.2) is 0 Å². The minimum absolute atomic E-state index is 0.183. The maximum atomic E-state index is 10.6. The molecule has 17 heavy (non-hydrogen) atoms. The standard InChI is InChI=1S/C13H19NO3/c1-9(17-2)7-10-3-5-11(6-4-10)8-12(14)13(15)16/h3-6,9,12H,7-8,14H2,1-2H3,(H,15,16). The van der Waals surface area contributed by atoms with E-state index in [0.29, 0.717) is 6.42 Å². The zero-order chi connectivity index (χ0) is 12.8. The Kier molecular flexibility index (Phi) is 5.12. The number of carbonyl (C=O) groups is 1. The van der Waals surface area contributed by atoms with Crippen molar-refractivity contribution in [2.75, 3.05) is 7.11 Å². The lowest BCUT2D eigenvalue weighted by Crippen LogP contribution is -2.32. The number of carboxylic acid groups (broad SMARTS) is 1. The van der Waals surface area contributed by atoms with Crippen LogP contribution in [0.4, 0.5) is 0 Å². The number of nitrogens with two attached hydrogens (primary N) is 1. The van der Waals surface area contributed by atoms with Gasteiger partial charge in [-0.15, -0.1) is 0 Å². The fourth-order valence-corrected chi connectivity index (χ4v) is 1.57. The average molecular weight is 237 g/mol. The van der Waals surface area contributed by atoms with Gasteiger partial charge in [-0.2, -0.15) is 0 Å². The van der Waals surface area contributed by atoms with E-state index >= 15 is 0 Å². The van der Waals surface area contributed by atoms with Crippen molar-refractivity contribution in [3.63, 3.8) is 0 Å². The fraction of sp³-hybridized carbons (Fsp3) is 0.462. The molecule has 4 heteroatoms. The van der Waals surface area contributed by atoms with Crippen molar-refractivity contribution in [2.24, 2.45) is 5.73 Å². The van der Waals surface area contributed by atoms with Gasteiger partial charge in [0.15, 0.2) is 0 Å². The SMILES string of the molecule is COC(C)Cc1ccc(CC(N)C(=O)O)cc1. The molecule has 1 aromatic rings. The summed E-state index contributed by atoms with van der Waals surface area (Å²) in [5, 5.41) is 8.71. The minimum Gasteiger partial charge on any atom is -0.480 e. The van der Waals surface area contributed by atoms with Gasteiger partial charge in [-0.1, -0.05) is 24.3 Å². The largest absolute Gasteiger partial charge is 0.480 e. The molecule has 0 aliphatic heterocycles. The van der Waals surface area contributed by atoms with E-state index in [4.69, 9.17) is 15.6 Å². The quantitative estimate of drug-likeness (QED) is 0.780. The Morgan fingerprint density at radius 1 is 1.29 bits per heavy atom. The van der Waals surface area contributed by atoms with Gasteiger partial charge in [0.05, 0.1) is 6.10 Å². The summed E-state index contributed by atoms with van der Waals surface area (Å²) in [6.45, 7) is 2.01. The third-order valence-corrected chi connectivity index (χ3v) is 2.72. The van der Waals surface area contributed by atoms with Crippen LogP contribution >= 0.6 is 0 Å².